The van der Waals surface area contributed by atoms with Gasteiger partial charge in [-0.15, -0.1) is 0 Å². The number of hydrogen-bond donors (Lipinski definition) is 1. The number of carboxylic acid groups (broad SMARTS) is 1. The van der Waals surface area contributed by atoms with Crippen molar-refractivity contribution in [3.05, 3.63) is 45.7 Å². The molecule has 0 amide bonds. The SMILES string of the molecule is Cc1nn(C(C)c2ccc(Cl)cc2Cl)c2nc(N3CC(C4CCCN(CCCC(=O)O)C4)C3)cnc12. The number of aryl methyl sites for hydroxylation is 1. The predicted octanol–water partition coefficient (Wildman–Crippen LogP) is 5.06. The van der Waals surface area contributed by atoms with Gasteiger partial charge in [0.25, 0.3) is 0 Å². The molecule has 1 N–H and O–H groups in total. The van der Waals surface area contributed by atoms with Crippen molar-refractivity contribution in [1.82, 2.24) is 24.6 Å². The second-order valence-electron chi connectivity index (χ2n) is 10.1. The largest absolute Gasteiger partial charge is 0.481 e. The van der Waals surface area contributed by atoms with Gasteiger partial charge in [-0.1, -0.05) is 29.3 Å². The summed E-state index contributed by atoms with van der Waals surface area (Å²) in [5, 5.41) is 14.9. The van der Waals surface area contributed by atoms with Crippen molar-refractivity contribution in [3.8, 4) is 0 Å². The number of benzene rings is 1. The third-order valence-electron chi connectivity index (χ3n) is 7.65. The van der Waals surface area contributed by atoms with Crippen LogP contribution in [0.15, 0.2) is 24.4 Å². The van der Waals surface area contributed by atoms with Gasteiger partial charge in [-0.05, 0) is 75.7 Å². The molecule has 5 rings (SSSR count). The number of halogens is 2. The van der Waals surface area contributed by atoms with E-state index in [2.05, 4.69) is 16.7 Å². The lowest BCUT2D eigenvalue weighted by Gasteiger charge is -2.47. The number of aliphatic carboxylic acids is 1. The van der Waals surface area contributed by atoms with Gasteiger partial charge in [0, 0.05) is 36.1 Å². The Bertz CT molecular complexity index is 1260. The standard InChI is InChI=1S/C26H32Cl2N6O2/c1-16-25-26(34(31-16)17(2)21-8-7-20(27)11-22(21)28)30-23(12-29-25)33-14-19(15-33)18-5-3-9-32(13-18)10-4-6-24(35)36/h7-8,11-12,17-19H,3-6,9-10,13-15H2,1-2H3,(H,35,36). The Morgan fingerprint density at radius 2 is 2.03 bits per heavy atom. The van der Waals surface area contributed by atoms with Crippen LogP contribution in [0.3, 0.4) is 0 Å². The van der Waals surface area contributed by atoms with Crippen LogP contribution < -0.4 is 4.90 Å². The number of likely N-dealkylation sites (tertiary alicyclic amines) is 1. The summed E-state index contributed by atoms with van der Waals surface area (Å²) in [6.07, 6.45) is 5.25. The molecular formula is C26H32Cl2N6O2. The molecule has 2 unspecified atom stereocenters. The zero-order chi connectivity index (χ0) is 25.4. The maximum absolute atomic E-state index is 10.8. The molecule has 0 saturated carbocycles. The summed E-state index contributed by atoms with van der Waals surface area (Å²) in [6.45, 7) is 8.97. The van der Waals surface area contributed by atoms with E-state index >= 15 is 0 Å². The average Bonchev–Trinajstić information content (AvgIpc) is 3.14. The van der Waals surface area contributed by atoms with Crippen LogP contribution in [0.2, 0.25) is 10.0 Å². The lowest BCUT2D eigenvalue weighted by Crippen LogP contribution is -2.54. The molecule has 0 bridgehead atoms. The minimum atomic E-state index is -0.710. The number of nitrogens with zero attached hydrogens (tertiary/aromatic N) is 6. The number of carbonyl (C=O) groups is 1. The van der Waals surface area contributed by atoms with Crippen molar-refractivity contribution in [3.63, 3.8) is 0 Å². The molecule has 4 heterocycles. The Labute approximate surface area is 221 Å². The van der Waals surface area contributed by atoms with E-state index < -0.39 is 5.97 Å². The van der Waals surface area contributed by atoms with Gasteiger partial charge >= 0.3 is 5.97 Å². The van der Waals surface area contributed by atoms with Crippen molar-refractivity contribution in [1.29, 1.82) is 0 Å². The summed E-state index contributed by atoms with van der Waals surface area (Å²) in [6, 6.07) is 5.41. The zero-order valence-corrected chi connectivity index (χ0v) is 22.2. The number of carboxylic acids is 1. The first-order valence-corrected chi connectivity index (χ1v) is 13.4. The highest BCUT2D eigenvalue weighted by Crippen LogP contribution is 2.35. The van der Waals surface area contributed by atoms with Crippen LogP contribution in [-0.2, 0) is 4.79 Å². The van der Waals surface area contributed by atoms with Gasteiger partial charge in [-0.2, -0.15) is 5.10 Å². The van der Waals surface area contributed by atoms with Crippen LogP contribution in [-0.4, -0.2) is 68.4 Å². The molecule has 2 atom stereocenters. The van der Waals surface area contributed by atoms with Gasteiger partial charge in [-0.25, -0.2) is 14.6 Å². The zero-order valence-electron chi connectivity index (χ0n) is 20.7. The Kier molecular flexibility index (Phi) is 7.37. The molecule has 192 valence electrons. The van der Waals surface area contributed by atoms with Gasteiger partial charge < -0.3 is 14.9 Å². The number of aromatic nitrogens is 4. The number of fused-ring (bicyclic) bond motifs is 1. The summed E-state index contributed by atoms with van der Waals surface area (Å²) >= 11 is 12.6. The third-order valence-corrected chi connectivity index (χ3v) is 8.21. The lowest BCUT2D eigenvalue weighted by atomic mass is 9.80. The summed E-state index contributed by atoms with van der Waals surface area (Å²) in [5.41, 5.74) is 3.34. The third kappa shape index (κ3) is 5.17. The molecule has 1 aromatic carbocycles. The summed E-state index contributed by atoms with van der Waals surface area (Å²) in [4.78, 5) is 25.3. The van der Waals surface area contributed by atoms with Crippen LogP contribution in [0.5, 0.6) is 0 Å². The van der Waals surface area contributed by atoms with Crippen LogP contribution in [0.1, 0.15) is 49.9 Å². The Morgan fingerprint density at radius 1 is 1.22 bits per heavy atom. The topological polar surface area (TPSA) is 87.4 Å². The van der Waals surface area contributed by atoms with Crippen molar-refractivity contribution < 1.29 is 9.90 Å². The maximum Gasteiger partial charge on any atom is 0.303 e. The van der Waals surface area contributed by atoms with Crippen LogP contribution in [0.4, 0.5) is 5.82 Å². The molecule has 2 aliphatic rings. The van der Waals surface area contributed by atoms with Gasteiger partial charge in [0.05, 0.1) is 17.9 Å². The average molecular weight is 531 g/mol. The van der Waals surface area contributed by atoms with E-state index in [1.165, 1.54) is 12.8 Å². The van der Waals surface area contributed by atoms with Gasteiger partial charge in [0.1, 0.15) is 11.3 Å². The van der Waals surface area contributed by atoms with E-state index in [0.717, 1.165) is 67.4 Å². The van der Waals surface area contributed by atoms with Gasteiger partial charge in [-0.3, -0.25) is 4.79 Å². The maximum atomic E-state index is 10.8. The number of rotatable bonds is 8. The Morgan fingerprint density at radius 3 is 2.78 bits per heavy atom. The molecule has 2 saturated heterocycles. The highest BCUT2D eigenvalue weighted by atomic mass is 35.5. The normalized spacial score (nSPS) is 20.0. The van der Waals surface area contributed by atoms with E-state index in [1.807, 2.05) is 29.9 Å². The first-order chi connectivity index (χ1) is 17.3. The van der Waals surface area contributed by atoms with E-state index in [1.54, 1.807) is 6.07 Å². The Balaban J connectivity index is 1.27. The highest BCUT2D eigenvalue weighted by molar-refractivity contribution is 6.35. The monoisotopic (exact) mass is 530 g/mol. The first-order valence-electron chi connectivity index (χ1n) is 12.7. The predicted molar refractivity (Wildman–Crippen MR) is 142 cm³/mol. The Hall–Kier alpha value is -2.42. The van der Waals surface area contributed by atoms with E-state index in [9.17, 15) is 4.79 Å². The molecule has 0 aliphatic carbocycles. The second kappa shape index (κ2) is 10.5. The van der Waals surface area contributed by atoms with Crippen LogP contribution in [0, 0.1) is 18.8 Å². The fourth-order valence-corrected chi connectivity index (χ4v) is 6.13. The molecular weight excluding hydrogens is 499 g/mol. The van der Waals surface area contributed by atoms with Crippen molar-refractivity contribution in [2.24, 2.45) is 11.8 Å². The number of anilines is 1. The fraction of sp³-hybridized carbons (Fsp3) is 0.538. The molecule has 8 nitrogen and oxygen atoms in total. The molecule has 2 aromatic heterocycles. The minimum absolute atomic E-state index is 0.117. The van der Waals surface area contributed by atoms with Gasteiger partial charge in [0.15, 0.2) is 5.65 Å². The van der Waals surface area contributed by atoms with Crippen molar-refractivity contribution in [2.75, 3.05) is 37.6 Å². The fourth-order valence-electron chi connectivity index (χ4n) is 5.57. The van der Waals surface area contributed by atoms with Crippen LogP contribution in [0.25, 0.3) is 11.2 Å². The van der Waals surface area contributed by atoms with Crippen LogP contribution >= 0.6 is 23.2 Å². The molecule has 36 heavy (non-hydrogen) atoms. The summed E-state index contributed by atoms with van der Waals surface area (Å²) in [7, 11) is 0. The van der Waals surface area contributed by atoms with Crippen molar-refractivity contribution >= 4 is 46.2 Å². The second-order valence-corrected chi connectivity index (χ2v) is 11.0. The smallest absolute Gasteiger partial charge is 0.303 e. The summed E-state index contributed by atoms with van der Waals surface area (Å²) in [5.74, 6) is 1.45. The molecule has 0 spiro atoms. The first kappa shape index (κ1) is 25.2. The molecule has 2 fully saturated rings. The van der Waals surface area contributed by atoms with E-state index in [4.69, 9.17) is 43.4 Å². The van der Waals surface area contributed by atoms with E-state index in [0.29, 0.717) is 21.9 Å². The minimum Gasteiger partial charge on any atom is -0.481 e. The quantitative estimate of drug-likeness (QED) is 0.435. The van der Waals surface area contributed by atoms with Gasteiger partial charge in [0.2, 0.25) is 0 Å². The molecule has 0 radical (unpaired) electrons. The lowest BCUT2D eigenvalue weighted by molar-refractivity contribution is -0.137. The van der Waals surface area contributed by atoms with E-state index in [-0.39, 0.29) is 12.5 Å². The molecule has 2 aliphatic heterocycles. The number of hydrogen-bond acceptors (Lipinski definition) is 6. The number of piperidine rings is 1. The molecule has 10 heteroatoms. The highest BCUT2D eigenvalue weighted by Gasteiger charge is 2.36. The van der Waals surface area contributed by atoms with Crippen molar-refractivity contribution in [2.45, 2.75) is 45.6 Å². The summed E-state index contributed by atoms with van der Waals surface area (Å²) < 4.78 is 1.91. The molecule has 3 aromatic rings.